The van der Waals surface area contributed by atoms with Crippen LogP contribution in [0.3, 0.4) is 0 Å². The van der Waals surface area contributed by atoms with Crippen LogP contribution in [0.15, 0.2) is 0 Å². The minimum absolute atomic E-state index is 0.693. The molecule has 2 heteroatoms. The molecule has 1 saturated heterocycles. The molecule has 1 saturated carbocycles. The van der Waals surface area contributed by atoms with Crippen LogP contribution in [-0.2, 0) is 0 Å². The summed E-state index contributed by atoms with van der Waals surface area (Å²) < 4.78 is 0. The summed E-state index contributed by atoms with van der Waals surface area (Å²) in [5.41, 5.74) is 0. The number of hydrogen-bond acceptors (Lipinski definition) is 2. The van der Waals surface area contributed by atoms with Crippen molar-refractivity contribution in [1.82, 2.24) is 10.2 Å². The summed E-state index contributed by atoms with van der Waals surface area (Å²) in [5, 5.41) is 3.78. The SMILES string of the molecule is CC(C)C1CN(CC2CCCCC2)C(C(C)C)CN1. The maximum atomic E-state index is 3.78. The molecule has 0 aromatic heterocycles. The van der Waals surface area contributed by atoms with Crippen LogP contribution < -0.4 is 5.32 Å². The molecule has 2 rings (SSSR count). The lowest BCUT2D eigenvalue weighted by molar-refractivity contribution is 0.0633. The summed E-state index contributed by atoms with van der Waals surface area (Å²) in [6, 6.07) is 1.44. The zero-order chi connectivity index (χ0) is 13.8. The van der Waals surface area contributed by atoms with Crippen molar-refractivity contribution >= 4 is 0 Å². The van der Waals surface area contributed by atoms with Gasteiger partial charge in [-0.05, 0) is 30.6 Å². The Labute approximate surface area is 120 Å². The maximum absolute atomic E-state index is 3.78. The molecule has 1 N–H and O–H groups in total. The van der Waals surface area contributed by atoms with E-state index < -0.39 is 0 Å². The van der Waals surface area contributed by atoms with E-state index >= 15 is 0 Å². The van der Waals surface area contributed by atoms with Gasteiger partial charge in [0, 0.05) is 31.7 Å². The van der Waals surface area contributed by atoms with Crippen molar-refractivity contribution in [3.63, 3.8) is 0 Å². The molecule has 1 aliphatic heterocycles. The molecule has 2 atom stereocenters. The topological polar surface area (TPSA) is 15.3 Å². The van der Waals surface area contributed by atoms with E-state index in [0.717, 1.165) is 23.8 Å². The minimum atomic E-state index is 0.693. The number of nitrogens with zero attached hydrogens (tertiary/aromatic N) is 1. The van der Waals surface area contributed by atoms with Crippen LogP contribution in [0.5, 0.6) is 0 Å². The second-order valence-corrected chi connectivity index (χ2v) is 7.53. The first kappa shape index (κ1) is 15.3. The number of rotatable bonds is 4. The Hall–Kier alpha value is -0.0800. The molecule has 0 aromatic carbocycles. The second-order valence-electron chi connectivity index (χ2n) is 7.53. The first-order valence-corrected chi connectivity index (χ1v) is 8.55. The third-order valence-electron chi connectivity index (χ3n) is 5.28. The molecule has 2 fully saturated rings. The zero-order valence-corrected chi connectivity index (χ0v) is 13.5. The summed E-state index contributed by atoms with van der Waals surface area (Å²) in [6.07, 6.45) is 7.36. The van der Waals surface area contributed by atoms with Gasteiger partial charge in [-0.3, -0.25) is 4.90 Å². The minimum Gasteiger partial charge on any atom is -0.311 e. The Balaban J connectivity index is 1.94. The molecule has 0 spiro atoms. The Bertz CT molecular complexity index is 256. The Morgan fingerprint density at radius 2 is 1.68 bits per heavy atom. The molecule has 0 aromatic rings. The summed E-state index contributed by atoms with van der Waals surface area (Å²) >= 11 is 0. The fourth-order valence-corrected chi connectivity index (χ4v) is 3.87. The standard InChI is InChI=1S/C17H34N2/c1-13(2)16-12-19(17(10-18-16)14(3)4)11-15-8-6-5-7-9-15/h13-18H,5-12H2,1-4H3. The van der Waals surface area contributed by atoms with E-state index in [1.165, 1.54) is 51.7 Å². The van der Waals surface area contributed by atoms with Gasteiger partial charge >= 0.3 is 0 Å². The van der Waals surface area contributed by atoms with Gasteiger partial charge in [-0.25, -0.2) is 0 Å². The lowest BCUT2D eigenvalue weighted by atomic mass is 9.87. The van der Waals surface area contributed by atoms with Crippen molar-refractivity contribution < 1.29 is 0 Å². The van der Waals surface area contributed by atoms with E-state index in [9.17, 15) is 0 Å². The van der Waals surface area contributed by atoms with Crippen LogP contribution in [0, 0.1) is 17.8 Å². The normalized spacial score (nSPS) is 31.3. The van der Waals surface area contributed by atoms with Crippen molar-refractivity contribution in [2.45, 2.75) is 71.9 Å². The van der Waals surface area contributed by atoms with E-state index in [1.54, 1.807) is 0 Å². The molecule has 112 valence electrons. The first-order chi connectivity index (χ1) is 9.08. The number of nitrogens with one attached hydrogen (secondary N) is 1. The van der Waals surface area contributed by atoms with Crippen molar-refractivity contribution in [2.24, 2.45) is 17.8 Å². The Morgan fingerprint density at radius 1 is 1.00 bits per heavy atom. The predicted octanol–water partition coefficient (Wildman–Crippen LogP) is 3.52. The molecule has 0 amide bonds. The lowest BCUT2D eigenvalue weighted by Gasteiger charge is -2.45. The van der Waals surface area contributed by atoms with Gasteiger partial charge < -0.3 is 5.32 Å². The summed E-state index contributed by atoms with van der Waals surface area (Å²) in [4.78, 5) is 2.82. The van der Waals surface area contributed by atoms with Crippen LogP contribution in [0.25, 0.3) is 0 Å². The van der Waals surface area contributed by atoms with Gasteiger partial charge in [0.2, 0.25) is 0 Å². The third kappa shape index (κ3) is 4.19. The highest BCUT2D eigenvalue weighted by Crippen LogP contribution is 2.27. The highest BCUT2D eigenvalue weighted by molar-refractivity contribution is 4.90. The maximum Gasteiger partial charge on any atom is 0.0244 e. The van der Waals surface area contributed by atoms with Gasteiger partial charge in [0.05, 0.1) is 0 Å². The molecular weight excluding hydrogens is 232 g/mol. The molecule has 2 aliphatic rings. The molecule has 0 radical (unpaired) electrons. The molecule has 2 nitrogen and oxygen atoms in total. The first-order valence-electron chi connectivity index (χ1n) is 8.55. The van der Waals surface area contributed by atoms with Crippen molar-refractivity contribution in [3.05, 3.63) is 0 Å². The molecule has 2 unspecified atom stereocenters. The average molecular weight is 266 g/mol. The van der Waals surface area contributed by atoms with Crippen molar-refractivity contribution in [1.29, 1.82) is 0 Å². The van der Waals surface area contributed by atoms with Crippen molar-refractivity contribution in [2.75, 3.05) is 19.6 Å². The summed E-state index contributed by atoms with van der Waals surface area (Å²) in [7, 11) is 0. The Kier molecular flexibility index (Phi) is 5.70. The van der Waals surface area contributed by atoms with E-state index in [4.69, 9.17) is 0 Å². The van der Waals surface area contributed by atoms with Crippen LogP contribution in [-0.4, -0.2) is 36.6 Å². The van der Waals surface area contributed by atoms with Crippen molar-refractivity contribution in [3.8, 4) is 0 Å². The van der Waals surface area contributed by atoms with Gasteiger partial charge in [0.1, 0.15) is 0 Å². The Morgan fingerprint density at radius 3 is 2.26 bits per heavy atom. The van der Waals surface area contributed by atoms with Crippen LogP contribution in [0.1, 0.15) is 59.8 Å². The van der Waals surface area contributed by atoms with Crippen LogP contribution in [0.4, 0.5) is 0 Å². The smallest absolute Gasteiger partial charge is 0.0244 e. The highest BCUT2D eigenvalue weighted by Gasteiger charge is 2.32. The number of hydrogen-bond donors (Lipinski definition) is 1. The summed E-state index contributed by atoms with van der Waals surface area (Å²) in [5.74, 6) is 2.49. The fourth-order valence-electron chi connectivity index (χ4n) is 3.87. The van der Waals surface area contributed by atoms with Gasteiger partial charge in [0.15, 0.2) is 0 Å². The second kappa shape index (κ2) is 7.08. The summed E-state index contributed by atoms with van der Waals surface area (Å²) in [6.45, 7) is 13.3. The fraction of sp³-hybridized carbons (Fsp3) is 1.00. The highest BCUT2D eigenvalue weighted by atomic mass is 15.2. The van der Waals surface area contributed by atoms with Gasteiger partial charge in [-0.1, -0.05) is 47.0 Å². The zero-order valence-electron chi connectivity index (χ0n) is 13.5. The third-order valence-corrected chi connectivity index (χ3v) is 5.28. The molecular formula is C17H34N2. The largest absolute Gasteiger partial charge is 0.311 e. The lowest BCUT2D eigenvalue weighted by Crippen LogP contribution is -2.60. The molecule has 0 bridgehead atoms. The predicted molar refractivity (Wildman–Crippen MR) is 83.4 cm³/mol. The quantitative estimate of drug-likeness (QED) is 0.837. The van der Waals surface area contributed by atoms with E-state index in [-0.39, 0.29) is 0 Å². The average Bonchev–Trinajstić information content (AvgIpc) is 2.39. The van der Waals surface area contributed by atoms with Gasteiger partial charge in [-0.15, -0.1) is 0 Å². The molecule has 1 heterocycles. The molecule has 1 aliphatic carbocycles. The molecule has 19 heavy (non-hydrogen) atoms. The monoisotopic (exact) mass is 266 g/mol. The van der Waals surface area contributed by atoms with Crippen LogP contribution in [0.2, 0.25) is 0 Å². The number of piperazine rings is 1. The van der Waals surface area contributed by atoms with E-state index in [0.29, 0.717) is 6.04 Å². The van der Waals surface area contributed by atoms with E-state index in [2.05, 4.69) is 37.9 Å². The van der Waals surface area contributed by atoms with E-state index in [1.807, 2.05) is 0 Å². The van der Waals surface area contributed by atoms with Gasteiger partial charge in [0.25, 0.3) is 0 Å². The van der Waals surface area contributed by atoms with Crippen LogP contribution >= 0.6 is 0 Å². The van der Waals surface area contributed by atoms with Gasteiger partial charge in [-0.2, -0.15) is 0 Å².